The van der Waals surface area contributed by atoms with Gasteiger partial charge in [0.1, 0.15) is 0 Å². The van der Waals surface area contributed by atoms with Gasteiger partial charge in [0, 0.05) is 5.69 Å². The Morgan fingerprint density at radius 3 is 2.62 bits per heavy atom. The van der Waals surface area contributed by atoms with Gasteiger partial charge in [-0.15, -0.1) is 0 Å². The molecule has 110 valence electrons. The Hall–Kier alpha value is -2.53. The van der Waals surface area contributed by atoms with Gasteiger partial charge in [-0.05, 0) is 36.8 Å². The Kier molecular flexibility index (Phi) is 4.45. The molecule has 0 spiro atoms. The van der Waals surface area contributed by atoms with Crippen molar-refractivity contribution < 1.29 is 19.7 Å². The molecular weight excluding hydrogens is 270 g/mol. The van der Waals surface area contributed by atoms with E-state index in [2.05, 4.69) is 5.32 Å². The molecule has 1 amide bonds. The molecule has 0 aliphatic carbocycles. The number of phenolic OH excluding ortho intramolecular Hbond substituents is 1. The molecule has 0 bridgehead atoms. The topological polar surface area (TPSA) is 78.8 Å². The van der Waals surface area contributed by atoms with E-state index in [4.69, 9.17) is 4.74 Å². The molecule has 0 heterocycles. The Balaban J connectivity index is 2.24. The Bertz CT molecular complexity index is 652. The number of hydrogen-bond acceptors (Lipinski definition) is 4. The predicted molar refractivity (Wildman–Crippen MR) is 79.7 cm³/mol. The highest BCUT2D eigenvalue weighted by Gasteiger charge is 2.15. The van der Waals surface area contributed by atoms with Crippen LogP contribution in [0.3, 0.4) is 0 Å². The summed E-state index contributed by atoms with van der Waals surface area (Å²) in [5, 5.41) is 22.2. The molecule has 3 N–H and O–H groups in total. The van der Waals surface area contributed by atoms with Crippen LogP contribution in [-0.2, 0) is 0 Å². The molecule has 0 aliphatic heterocycles. The maximum Gasteiger partial charge on any atom is 0.259 e. The number of carbonyl (C=O) groups is 1. The fourth-order valence-electron chi connectivity index (χ4n) is 1.94. The van der Waals surface area contributed by atoms with Crippen LogP contribution in [0, 0.1) is 0 Å². The molecule has 1 atom stereocenters. The van der Waals surface area contributed by atoms with Crippen molar-refractivity contribution >= 4 is 11.6 Å². The van der Waals surface area contributed by atoms with E-state index < -0.39 is 12.0 Å². The molecule has 21 heavy (non-hydrogen) atoms. The number of para-hydroxylation sites is 1. The van der Waals surface area contributed by atoms with Crippen molar-refractivity contribution in [3.8, 4) is 11.5 Å². The second kappa shape index (κ2) is 6.28. The summed E-state index contributed by atoms with van der Waals surface area (Å²) in [5.41, 5.74) is 1.36. The molecule has 0 saturated carbocycles. The summed E-state index contributed by atoms with van der Waals surface area (Å²) < 4.78 is 4.97. The lowest BCUT2D eigenvalue weighted by Gasteiger charge is -2.11. The number of aliphatic hydroxyl groups is 1. The van der Waals surface area contributed by atoms with Gasteiger partial charge in [0.15, 0.2) is 11.5 Å². The van der Waals surface area contributed by atoms with Crippen molar-refractivity contribution in [3.63, 3.8) is 0 Å². The van der Waals surface area contributed by atoms with Gasteiger partial charge in [0.2, 0.25) is 0 Å². The Morgan fingerprint density at radius 2 is 1.95 bits per heavy atom. The number of rotatable bonds is 4. The van der Waals surface area contributed by atoms with E-state index in [1.807, 2.05) is 0 Å². The smallest absolute Gasteiger partial charge is 0.259 e. The number of methoxy groups -OCH3 is 1. The number of hydrogen-bond donors (Lipinski definition) is 3. The van der Waals surface area contributed by atoms with Crippen LogP contribution in [0.25, 0.3) is 0 Å². The van der Waals surface area contributed by atoms with E-state index in [0.717, 1.165) is 0 Å². The number of aliphatic hydroxyl groups excluding tert-OH is 1. The van der Waals surface area contributed by atoms with E-state index in [1.165, 1.54) is 13.2 Å². The van der Waals surface area contributed by atoms with E-state index >= 15 is 0 Å². The fraction of sp³-hybridized carbons (Fsp3) is 0.188. The van der Waals surface area contributed by atoms with E-state index in [-0.39, 0.29) is 17.1 Å². The summed E-state index contributed by atoms with van der Waals surface area (Å²) in [7, 11) is 1.42. The van der Waals surface area contributed by atoms with E-state index in [9.17, 15) is 15.0 Å². The van der Waals surface area contributed by atoms with Crippen LogP contribution in [0.4, 0.5) is 5.69 Å². The van der Waals surface area contributed by atoms with Crippen LogP contribution in [0.15, 0.2) is 42.5 Å². The van der Waals surface area contributed by atoms with Gasteiger partial charge in [0.25, 0.3) is 5.91 Å². The fourth-order valence-corrected chi connectivity index (χ4v) is 1.94. The molecule has 5 nitrogen and oxygen atoms in total. The summed E-state index contributed by atoms with van der Waals surface area (Å²) in [5.74, 6) is -0.418. The lowest BCUT2D eigenvalue weighted by Crippen LogP contribution is -2.12. The molecular formula is C16H17NO4. The molecule has 2 rings (SSSR count). The highest BCUT2D eigenvalue weighted by molar-refractivity contribution is 6.06. The summed E-state index contributed by atoms with van der Waals surface area (Å²) in [6, 6.07) is 11.6. The largest absolute Gasteiger partial charge is 0.504 e. The maximum atomic E-state index is 12.2. The van der Waals surface area contributed by atoms with Gasteiger partial charge in [-0.3, -0.25) is 4.79 Å². The third-order valence-corrected chi connectivity index (χ3v) is 3.09. The molecule has 0 fully saturated rings. The summed E-state index contributed by atoms with van der Waals surface area (Å²) in [6.45, 7) is 1.65. The van der Waals surface area contributed by atoms with Crippen LogP contribution < -0.4 is 10.1 Å². The number of nitrogens with one attached hydrogen (secondary N) is 1. The number of benzene rings is 2. The highest BCUT2D eigenvalue weighted by atomic mass is 16.5. The molecule has 0 aromatic heterocycles. The average Bonchev–Trinajstić information content (AvgIpc) is 2.47. The number of ether oxygens (including phenoxy) is 1. The first-order chi connectivity index (χ1) is 10.0. The highest BCUT2D eigenvalue weighted by Crippen LogP contribution is 2.30. The minimum absolute atomic E-state index is 0.122. The Morgan fingerprint density at radius 1 is 1.24 bits per heavy atom. The standard InChI is InChI=1S/C16H17NO4/c1-10(18)11-5-3-6-12(9-11)17-16(20)13-7-4-8-14(21-2)15(13)19/h3-10,18-19H,1-2H3,(H,17,20). The third-order valence-electron chi connectivity index (χ3n) is 3.09. The van der Waals surface area contributed by atoms with Crippen molar-refractivity contribution in [1.82, 2.24) is 0 Å². The van der Waals surface area contributed by atoms with Crippen LogP contribution in [0.1, 0.15) is 28.9 Å². The van der Waals surface area contributed by atoms with E-state index in [0.29, 0.717) is 11.3 Å². The second-order valence-corrected chi connectivity index (χ2v) is 4.61. The van der Waals surface area contributed by atoms with Crippen molar-refractivity contribution in [2.75, 3.05) is 12.4 Å². The first kappa shape index (κ1) is 14.9. The molecule has 0 radical (unpaired) electrons. The van der Waals surface area contributed by atoms with Crippen LogP contribution >= 0.6 is 0 Å². The lowest BCUT2D eigenvalue weighted by atomic mass is 10.1. The molecule has 2 aromatic carbocycles. The van der Waals surface area contributed by atoms with Crippen molar-refractivity contribution in [2.24, 2.45) is 0 Å². The maximum absolute atomic E-state index is 12.2. The first-order valence-electron chi connectivity index (χ1n) is 6.48. The van der Waals surface area contributed by atoms with Gasteiger partial charge < -0.3 is 20.3 Å². The van der Waals surface area contributed by atoms with Gasteiger partial charge >= 0.3 is 0 Å². The third kappa shape index (κ3) is 3.32. The zero-order valence-electron chi connectivity index (χ0n) is 11.8. The Labute approximate surface area is 122 Å². The summed E-state index contributed by atoms with van der Waals surface area (Å²) in [6.07, 6.45) is -0.618. The van der Waals surface area contributed by atoms with Crippen molar-refractivity contribution in [1.29, 1.82) is 0 Å². The minimum Gasteiger partial charge on any atom is -0.504 e. The van der Waals surface area contributed by atoms with Gasteiger partial charge in [-0.25, -0.2) is 0 Å². The molecule has 0 aliphatic rings. The molecule has 1 unspecified atom stereocenters. The number of amides is 1. The normalized spacial score (nSPS) is 11.8. The zero-order valence-corrected chi connectivity index (χ0v) is 11.8. The van der Waals surface area contributed by atoms with Crippen molar-refractivity contribution in [3.05, 3.63) is 53.6 Å². The predicted octanol–water partition coefficient (Wildman–Crippen LogP) is 2.71. The summed E-state index contributed by atoms with van der Waals surface area (Å²) in [4.78, 5) is 12.2. The quantitative estimate of drug-likeness (QED) is 0.808. The van der Waals surface area contributed by atoms with Crippen LogP contribution in [0.5, 0.6) is 11.5 Å². The monoisotopic (exact) mass is 287 g/mol. The van der Waals surface area contributed by atoms with Crippen LogP contribution in [-0.4, -0.2) is 23.2 Å². The van der Waals surface area contributed by atoms with Gasteiger partial charge in [-0.1, -0.05) is 18.2 Å². The molecule has 5 heteroatoms. The van der Waals surface area contributed by atoms with Gasteiger partial charge in [-0.2, -0.15) is 0 Å². The second-order valence-electron chi connectivity index (χ2n) is 4.61. The zero-order chi connectivity index (χ0) is 15.4. The summed E-state index contributed by atoms with van der Waals surface area (Å²) >= 11 is 0. The number of carbonyl (C=O) groups excluding carboxylic acids is 1. The number of phenols is 1. The number of aromatic hydroxyl groups is 1. The molecule has 0 saturated heterocycles. The van der Waals surface area contributed by atoms with Crippen molar-refractivity contribution in [2.45, 2.75) is 13.0 Å². The lowest BCUT2D eigenvalue weighted by molar-refractivity contribution is 0.102. The minimum atomic E-state index is -0.618. The first-order valence-corrected chi connectivity index (χ1v) is 6.48. The van der Waals surface area contributed by atoms with Gasteiger partial charge in [0.05, 0.1) is 18.8 Å². The SMILES string of the molecule is COc1cccc(C(=O)Nc2cccc(C(C)O)c2)c1O. The van der Waals surface area contributed by atoms with Crippen LogP contribution in [0.2, 0.25) is 0 Å². The number of anilines is 1. The van der Waals surface area contributed by atoms with E-state index in [1.54, 1.807) is 43.3 Å². The average molecular weight is 287 g/mol. The molecule has 2 aromatic rings.